The van der Waals surface area contributed by atoms with Crippen LogP contribution in [0.3, 0.4) is 0 Å². The zero-order valence-electron chi connectivity index (χ0n) is 17.5. The SMILES string of the molecule is O=C(CC(c1ccccc1)c1c(-c2ccccc2)[nH]c2ccccc12)c1ccc(F)cc1. The minimum Gasteiger partial charge on any atom is -0.354 e. The maximum absolute atomic E-state index is 13.4. The van der Waals surface area contributed by atoms with Crippen LogP contribution in [-0.2, 0) is 0 Å². The van der Waals surface area contributed by atoms with Gasteiger partial charge < -0.3 is 4.98 Å². The van der Waals surface area contributed by atoms with Gasteiger partial charge in [0.1, 0.15) is 5.82 Å². The molecule has 5 rings (SSSR count). The van der Waals surface area contributed by atoms with E-state index in [1.807, 2.05) is 48.5 Å². The van der Waals surface area contributed by atoms with E-state index in [0.29, 0.717) is 5.56 Å². The number of hydrogen-bond acceptors (Lipinski definition) is 1. The quantitative estimate of drug-likeness (QED) is 0.286. The van der Waals surface area contributed by atoms with Crippen LogP contribution in [0.5, 0.6) is 0 Å². The van der Waals surface area contributed by atoms with Gasteiger partial charge in [0.25, 0.3) is 0 Å². The average Bonchev–Trinajstić information content (AvgIpc) is 3.23. The van der Waals surface area contributed by atoms with Crippen LogP contribution in [0.15, 0.2) is 109 Å². The van der Waals surface area contributed by atoms with Crippen molar-refractivity contribution < 1.29 is 9.18 Å². The molecule has 0 spiro atoms. The van der Waals surface area contributed by atoms with Crippen molar-refractivity contribution >= 4 is 16.7 Å². The van der Waals surface area contributed by atoms with Crippen molar-refractivity contribution in [1.29, 1.82) is 0 Å². The molecule has 32 heavy (non-hydrogen) atoms. The molecule has 3 heteroatoms. The van der Waals surface area contributed by atoms with E-state index in [9.17, 15) is 9.18 Å². The number of benzene rings is 4. The molecule has 1 atom stereocenters. The van der Waals surface area contributed by atoms with E-state index in [1.165, 1.54) is 12.1 Å². The molecule has 0 bridgehead atoms. The van der Waals surface area contributed by atoms with E-state index in [4.69, 9.17) is 0 Å². The van der Waals surface area contributed by atoms with Crippen molar-refractivity contribution in [3.05, 3.63) is 132 Å². The molecular weight excluding hydrogens is 397 g/mol. The number of Topliss-reactive ketones (excluding diaryl/α,β-unsaturated/α-hetero) is 1. The fourth-order valence-corrected chi connectivity index (χ4v) is 4.37. The summed E-state index contributed by atoms with van der Waals surface area (Å²) in [5.74, 6) is -0.507. The summed E-state index contributed by atoms with van der Waals surface area (Å²) in [6.07, 6.45) is 0.289. The lowest BCUT2D eigenvalue weighted by atomic mass is 9.83. The number of para-hydroxylation sites is 1. The number of aromatic nitrogens is 1. The van der Waals surface area contributed by atoms with Gasteiger partial charge >= 0.3 is 0 Å². The summed E-state index contributed by atoms with van der Waals surface area (Å²) in [7, 11) is 0. The van der Waals surface area contributed by atoms with E-state index >= 15 is 0 Å². The van der Waals surface area contributed by atoms with Crippen LogP contribution in [0.4, 0.5) is 4.39 Å². The third-order valence-electron chi connectivity index (χ3n) is 5.91. The first kappa shape index (κ1) is 20.0. The maximum Gasteiger partial charge on any atom is 0.163 e. The Hall–Kier alpha value is -3.98. The molecule has 2 nitrogen and oxygen atoms in total. The second-order valence-electron chi connectivity index (χ2n) is 7.92. The third-order valence-corrected chi connectivity index (χ3v) is 5.91. The molecule has 0 saturated heterocycles. The minimum absolute atomic E-state index is 0.0110. The average molecular weight is 419 g/mol. The highest BCUT2D eigenvalue weighted by Gasteiger charge is 2.26. The molecule has 0 amide bonds. The van der Waals surface area contributed by atoms with Crippen molar-refractivity contribution in [2.75, 3.05) is 0 Å². The van der Waals surface area contributed by atoms with Gasteiger partial charge in [0.2, 0.25) is 0 Å². The van der Waals surface area contributed by atoms with Crippen LogP contribution in [0.2, 0.25) is 0 Å². The van der Waals surface area contributed by atoms with Crippen molar-refractivity contribution in [2.24, 2.45) is 0 Å². The van der Waals surface area contributed by atoms with Gasteiger partial charge in [-0.15, -0.1) is 0 Å². The lowest BCUT2D eigenvalue weighted by Crippen LogP contribution is -2.10. The van der Waals surface area contributed by atoms with E-state index in [0.717, 1.165) is 33.3 Å². The first-order valence-electron chi connectivity index (χ1n) is 10.7. The van der Waals surface area contributed by atoms with Crippen LogP contribution in [0.25, 0.3) is 22.2 Å². The zero-order valence-corrected chi connectivity index (χ0v) is 17.5. The Labute approximate surface area is 186 Å². The predicted octanol–water partition coefficient (Wildman–Crippen LogP) is 7.38. The minimum atomic E-state index is -0.343. The number of ketones is 1. The second-order valence-corrected chi connectivity index (χ2v) is 7.92. The third kappa shape index (κ3) is 3.85. The number of aromatic amines is 1. The topological polar surface area (TPSA) is 32.9 Å². The Morgan fingerprint density at radius 2 is 1.38 bits per heavy atom. The summed E-state index contributed by atoms with van der Waals surface area (Å²) in [4.78, 5) is 16.9. The summed E-state index contributed by atoms with van der Waals surface area (Å²) in [6.45, 7) is 0. The van der Waals surface area contributed by atoms with Gasteiger partial charge in [-0.3, -0.25) is 4.79 Å². The fourth-order valence-electron chi connectivity index (χ4n) is 4.37. The predicted molar refractivity (Wildman–Crippen MR) is 127 cm³/mol. The normalized spacial score (nSPS) is 12.0. The molecule has 0 aliphatic carbocycles. The Morgan fingerprint density at radius 1 is 0.750 bits per heavy atom. The highest BCUT2D eigenvalue weighted by atomic mass is 19.1. The van der Waals surface area contributed by atoms with Crippen molar-refractivity contribution in [3.63, 3.8) is 0 Å². The second kappa shape index (κ2) is 8.64. The maximum atomic E-state index is 13.4. The van der Waals surface area contributed by atoms with Gasteiger partial charge in [-0.05, 0) is 47.0 Å². The number of carbonyl (C=O) groups excluding carboxylic acids is 1. The van der Waals surface area contributed by atoms with Crippen LogP contribution in [0, 0.1) is 5.82 Å². The Balaban J connectivity index is 1.68. The number of fused-ring (bicyclic) bond motifs is 1. The molecule has 4 aromatic carbocycles. The van der Waals surface area contributed by atoms with E-state index in [2.05, 4.69) is 41.4 Å². The first-order valence-corrected chi connectivity index (χ1v) is 10.7. The Bertz CT molecular complexity index is 1360. The summed E-state index contributed by atoms with van der Waals surface area (Å²) in [5, 5.41) is 1.10. The summed E-state index contributed by atoms with van der Waals surface area (Å²) in [6, 6.07) is 34.3. The fraction of sp³-hybridized carbons (Fsp3) is 0.0690. The van der Waals surface area contributed by atoms with Crippen LogP contribution < -0.4 is 0 Å². The van der Waals surface area contributed by atoms with Gasteiger partial charge in [-0.25, -0.2) is 4.39 Å². The van der Waals surface area contributed by atoms with Crippen LogP contribution in [0.1, 0.15) is 33.8 Å². The number of hydrogen-bond donors (Lipinski definition) is 1. The van der Waals surface area contributed by atoms with Gasteiger partial charge in [-0.1, -0.05) is 78.9 Å². The standard InChI is InChI=1S/C29H22FNO/c30-23-17-15-21(16-18-23)27(32)19-25(20-9-3-1-4-10-20)28-24-13-7-8-14-26(24)31-29(28)22-11-5-2-6-12-22/h1-18,25,31H,19H2. The molecule has 1 aromatic heterocycles. The van der Waals surface area contributed by atoms with Gasteiger partial charge in [0.05, 0.1) is 5.69 Å². The largest absolute Gasteiger partial charge is 0.354 e. The van der Waals surface area contributed by atoms with Crippen molar-refractivity contribution in [2.45, 2.75) is 12.3 Å². The Kier molecular flexibility index (Phi) is 5.39. The molecule has 5 aromatic rings. The molecule has 156 valence electrons. The summed E-state index contributed by atoms with van der Waals surface area (Å²) >= 11 is 0. The number of halogens is 1. The van der Waals surface area contributed by atoms with E-state index < -0.39 is 0 Å². The van der Waals surface area contributed by atoms with Gasteiger partial charge in [0, 0.05) is 28.8 Å². The molecule has 1 heterocycles. The van der Waals surface area contributed by atoms with E-state index in [1.54, 1.807) is 12.1 Å². The summed E-state index contributed by atoms with van der Waals surface area (Å²) < 4.78 is 13.4. The summed E-state index contributed by atoms with van der Waals surface area (Å²) in [5.41, 5.74) is 5.84. The molecule has 0 fully saturated rings. The molecule has 1 unspecified atom stereocenters. The Morgan fingerprint density at radius 3 is 2.09 bits per heavy atom. The number of rotatable bonds is 6. The molecule has 0 aliphatic heterocycles. The molecular formula is C29H22FNO. The molecule has 0 radical (unpaired) electrons. The molecule has 0 saturated carbocycles. The number of H-pyrrole nitrogens is 1. The van der Waals surface area contributed by atoms with E-state index in [-0.39, 0.29) is 23.9 Å². The van der Waals surface area contributed by atoms with Crippen LogP contribution in [-0.4, -0.2) is 10.8 Å². The van der Waals surface area contributed by atoms with Crippen LogP contribution >= 0.6 is 0 Å². The van der Waals surface area contributed by atoms with Crippen molar-refractivity contribution in [3.8, 4) is 11.3 Å². The monoisotopic (exact) mass is 419 g/mol. The highest BCUT2D eigenvalue weighted by molar-refractivity contribution is 5.98. The zero-order chi connectivity index (χ0) is 21.9. The number of carbonyl (C=O) groups is 1. The van der Waals surface area contributed by atoms with Gasteiger partial charge in [0.15, 0.2) is 5.78 Å². The van der Waals surface area contributed by atoms with Crippen molar-refractivity contribution in [1.82, 2.24) is 4.98 Å². The van der Waals surface area contributed by atoms with Gasteiger partial charge in [-0.2, -0.15) is 0 Å². The molecule has 1 N–H and O–H groups in total. The lowest BCUT2D eigenvalue weighted by molar-refractivity contribution is 0.0978. The molecule has 0 aliphatic rings. The first-order chi connectivity index (χ1) is 15.7. The highest BCUT2D eigenvalue weighted by Crippen LogP contribution is 2.41. The lowest BCUT2D eigenvalue weighted by Gasteiger charge is -2.19. The number of nitrogens with one attached hydrogen (secondary N) is 1. The smallest absolute Gasteiger partial charge is 0.163 e.